The summed E-state index contributed by atoms with van der Waals surface area (Å²) in [5.41, 5.74) is 1.22. The average molecular weight is 467 g/mol. The maximum absolute atomic E-state index is 12.0. The van der Waals surface area contributed by atoms with E-state index in [2.05, 4.69) is 17.1 Å². The Morgan fingerprint density at radius 1 is 1.00 bits per heavy atom. The van der Waals surface area contributed by atoms with Gasteiger partial charge in [-0.25, -0.2) is 9.59 Å². The number of amides is 1. The summed E-state index contributed by atoms with van der Waals surface area (Å²) in [5, 5.41) is 3.67. The molecule has 0 aliphatic carbocycles. The molecule has 0 aliphatic heterocycles. The van der Waals surface area contributed by atoms with Crippen LogP contribution in [0.1, 0.15) is 44.6 Å². The van der Waals surface area contributed by atoms with E-state index in [1.807, 2.05) is 37.4 Å². The fraction of sp³-hybridized carbons (Fsp3) is 0.407. The Balaban J connectivity index is 1.38. The molecule has 1 N–H and O–H groups in total. The minimum atomic E-state index is -0.410. The van der Waals surface area contributed by atoms with Crippen LogP contribution in [0.2, 0.25) is 0 Å². The number of rotatable bonds is 13. The number of nitrogens with zero attached hydrogens (tertiary/aromatic N) is 1. The molecule has 1 amide bonds. The van der Waals surface area contributed by atoms with Gasteiger partial charge in [-0.1, -0.05) is 38.3 Å². The monoisotopic (exact) mass is 466 g/mol. The Bertz CT molecular complexity index is 1110. The minimum Gasteiger partial charge on any atom is -0.493 e. The van der Waals surface area contributed by atoms with E-state index in [0.717, 1.165) is 43.3 Å². The summed E-state index contributed by atoms with van der Waals surface area (Å²) in [7, 11) is 2.04. The molecule has 0 aliphatic rings. The summed E-state index contributed by atoms with van der Waals surface area (Å²) >= 11 is 0. The molecule has 182 valence electrons. The van der Waals surface area contributed by atoms with Gasteiger partial charge in [-0.2, -0.15) is 0 Å². The topological polar surface area (TPSA) is 81.0 Å². The summed E-state index contributed by atoms with van der Waals surface area (Å²) in [6.07, 6.45) is 4.86. The largest absolute Gasteiger partial charge is 0.493 e. The number of carbonyl (C=O) groups excluding carboxylic acids is 1. The molecule has 0 saturated heterocycles. The van der Waals surface area contributed by atoms with Gasteiger partial charge < -0.3 is 24.1 Å². The first-order valence-corrected chi connectivity index (χ1v) is 11.9. The predicted molar refractivity (Wildman–Crippen MR) is 134 cm³/mol. The van der Waals surface area contributed by atoms with Crippen LogP contribution >= 0.6 is 0 Å². The van der Waals surface area contributed by atoms with Crippen LogP contribution < -0.4 is 20.4 Å². The van der Waals surface area contributed by atoms with E-state index >= 15 is 0 Å². The van der Waals surface area contributed by atoms with Crippen LogP contribution in [0.3, 0.4) is 0 Å². The third kappa shape index (κ3) is 8.56. The van der Waals surface area contributed by atoms with E-state index in [1.54, 1.807) is 18.2 Å². The number of hydrogen-bond donors (Lipinski definition) is 1. The van der Waals surface area contributed by atoms with Gasteiger partial charge in [0.2, 0.25) is 0 Å². The Kier molecular flexibility index (Phi) is 9.98. The fourth-order valence-corrected chi connectivity index (χ4v) is 3.64. The molecule has 0 bridgehead atoms. The molecule has 0 saturated carbocycles. The molecule has 34 heavy (non-hydrogen) atoms. The number of carbonyl (C=O) groups is 1. The van der Waals surface area contributed by atoms with Crippen LogP contribution in [0, 0.1) is 0 Å². The molecule has 3 aromatic rings. The first-order valence-electron chi connectivity index (χ1n) is 11.9. The third-order valence-electron chi connectivity index (χ3n) is 5.41. The third-order valence-corrected chi connectivity index (χ3v) is 5.41. The summed E-state index contributed by atoms with van der Waals surface area (Å²) < 4.78 is 16.4. The molecule has 0 unspecified atom stereocenters. The molecule has 0 spiro atoms. The zero-order valence-electron chi connectivity index (χ0n) is 20.0. The molecular formula is C27H34N2O5. The maximum atomic E-state index is 12.0. The van der Waals surface area contributed by atoms with Crippen LogP contribution in [-0.2, 0) is 6.54 Å². The highest BCUT2D eigenvalue weighted by Gasteiger charge is 2.07. The van der Waals surface area contributed by atoms with Gasteiger partial charge in [-0.3, -0.25) is 0 Å². The van der Waals surface area contributed by atoms with E-state index in [-0.39, 0.29) is 5.63 Å². The predicted octanol–water partition coefficient (Wildman–Crippen LogP) is 5.36. The molecule has 3 rings (SSSR count). The highest BCUT2D eigenvalue weighted by Crippen LogP contribution is 2.20. The smallest absolute Gasteiger partial charge is 0.412 e. The Labute approximate surface area is 200 Å². The van der Waals surface area contributed by atoms with Crippen molar-refractivity contribution in [3.63, 3.8) is 0 Å². The van der Waals surface area contributed by atoms with Gasteiger partial charge in [0.25, 0.3) is 0 Å². The van der Waals surface area contributed by atoms with Crippen molar-refractivity contribution in [1.82, 2.24) is 10.2 Å². The first kappa shape index (κ1) is 25.3. The van der Waals surface area contributed by atoms with Crippen molar-refractivity contribution in [1.29, 1.82) is 0 Å². The highest BCUT2D eigenvalue weighted by molar-refractivity contribution is 5.77. The van der Waals surface area contributed by atoms with Crippen LogP contribution in [-0.4, -0.2) is 37.7 Å². The standard InChI is InChI=1S/C27H34N2O5/c1-3-4-5-6-15-28-27(31)33-24-10-7-9-21(18-24)20-29(2)16-8-17-32-23-13-11-22-12-14-26(30)34-25(22)19-23/h7,9-14,18-19H,3-6,8,15-17,20H2,1-2H3,(H,28,31). The molecular weight excluding hydrogens is 432 g/mol. The van der Waals surface area contributed by atoms with E-state index in [1.165, 1.54) is 18.9 Å². The van der Waals surface area contributed by atoms with E-state index in [9.17, 15) is 9.59 Å². The molecule has 0 radical (unpaired) electrons. The van der Waals surface area contributed by atoms with Crippen molar-refractivity contribution in [2.45, 2.75) is 45.6 Å². The summed E-state index contributed by atoms with van der Waals surface area (Å²) in [6.45, 7) is 4.92. The SMILES string of the molecule is CCCCCCNC(=O)Oc1cccc(CN(C)CCCOc2ccc3ccc(=O)oc3c2)c1. The number of ether oxygens (including phenoxy) is 2. The van der Waals surface area contributed by atoms with Gasteiger partial charge in [-0.05, 0) is 55.8 Å². The minimum absolute atomic E-state index is 0.371. The zero-order valence-corrected chi connectivity index (χ0v) is 20.0. The lowest BCUT2D eigenvalue weighted by Crippen LogP contribution is -2.27. The van der Waals surface area contributed by atoms with Crippen molar-refractivity contribution in [2.75, 3.05) is 26.7 Å². The molecule has 1 heterocycles. The Morgan fingerprint density at radius 3 is 2.71 bits per heavy atom. The lowest BCUT2D eigenvalue weighted by molar-refractivity contribution is 0.200. The van der Waals surface area contributed by atoms with Crippen molar-refractivity contribution < 1.29 is 18.7 Å². The number of nitrogens with one attached hydrogen (secondary N) is 1. The van der Waals surface area contributed by atoms with Gasteiger partial charge in [0, 0.05) is 37.2 Å². The summed E-state index contributed by atoms with van der Waals surface area (Å²) in [4.78, 5) is 25.6. The molecule has 1 aromatic heterocycles. The van der Waals surface area contributed by atoms with Gasteiger partial charge in [0.05, 0.1) is 6.61 Å². The molecule has 7 heteroatoms. The lowest BCUT2D eigenvalue weighted by Gasteiger charge is -2.17. The van der Waals surface area contributed by atoms with Crippen molar-refractivity contribution in [2.24, 2.45) is 0 Å². The number of benzene rings is 2. The second-order valence-electron chi connectivity index (χ2n) is 8.42. The van der Waals surface area contributed by atoms with Crippen LogP contribution in [0.4, 0.5) is 4.79 Å². The maximum Gasteiger partial charge on any atom is 0.412 e. The zero-order chi connectivity index (χ0) is 24.2. The van der Waals surface area contributed by atoms with E-state index in [0.29, 0.717) is 30.2 Å². The van der Waals surface area contributed by atoms with E-state index in [4.69, 9.17) is 13.9 Å². The first-order chi connectivity index (χ1) is 16.5. The fourth-order valence-electron chi connectivity index (χ4n) is 3.64. The second-order valence-corrected chi connectivity index (χ2v) is 8.42. The highest BCUT2D eigenvalue weighted by atomic mass is 16.6. The molecule has 0 fully saturated rings. The molecule has 7 nitrogen and oxygen atoms in total. The number of fused-ring (bicyclic) bond motifs is 1. The number of hydrogen-bond acceptors (Lipinski definition) is 6. The van der Waals surface area contributed by atoms with Gasteiger partial charge in [0.15, 0.2) is 0 Å². The van der Waals surface area contributed by atoms with Crippen molar-refractivity contribution in [3.05, 3.63) is 70.6 Å². The summed E-state index contributed by atoms with van der Waals surface area (Å²) in [5.74, 6) is 1.22. The van der Waals surface area contributed by atoms with Crippen molar-refractivity contribution in [3.8, 4) is 11.5 Å². The normalized spacial score (nSPS) is 11.0. The van der Waals surface area contributed by atoms with Gasteiger partial charge >= 0.3 is 11.7 Å². The van der Waals surface area contributed by atoms with Crippen LogP contribution in [0.15, 0.2) is 63.8 Å². The average Bonchev–Trinajstić information content (AvgIpc) is 2.81. The second kappa shape index (κ2) is 13.4. The number of unbranched alkanes of at least 4 members (excludes halogenated alkanes) is 3. The summed E-state index contributed by atoms with van der Waals surface area (Å²) in [6, 6.07) is 16.2. The van der Waals surface area contributed by atoms with Gasteiger partial charge in [0.1, 0.15) is 17.1 Å². The quantitative estimate of drug-likeness (QED) is 0.270. The Morgan fingerprint density at radius 2 is 1.85 bits per heavy atom. The van der Waals surface area contributed by atoms with Crippen molar-refractivity contribution >= 4 is 17.1 Å². The van der Waals surface area contributed by atoms with Crippen LogP contribution in [0.5, 0.6) is 11.5 Å². The molecule has 0 atom stereocenters. The van der Waals surface area contributed by atoms with Crippen LogP contribution in [0.25, 0.3) is 11.0 Å². The Hall–Kier alpha value is -3.32. The van der Waals surface area contributed by atoms with Gasteiger partial charge in [-0.15, -0.1) is 0 Å². The molecule has 2 aromatic carbocycles. The lowest BCUT2D eigenvalue weighted by atomic mass is 10.2. The van der Waals surface area contributed by atoms with E-state index < -0.39 is 6.09 Å².